The summed E-state index contributed by atoms with van der Waals surface area (Å²) in [5.41, 5.74) is 1.84. The van der Waals surface area contributed by atoms with Crippen molar-refractivity contribution in [2.24, 2.45) is 0 Å². The molecule has 6 heteroatoms. The highest BCUT2D eigenvalue weighted by Gasteiger charge is 2.18. The first-order valence-corrected chi connectivity index (χ1v) is 9.07. The van der Waals surface area contributed by atoms with Gasteiger partial charge in [-0.3, -0.25) is 0 Å². The lowest BCUT2D eigenvalue weighted by atomic mass is 10.2. The van der Waals surface area contributed by atoms with Gasteiger partial charge in [-0.15, -0.1) is 0 Å². The molecule has 2 aromatic rings. The standard InChI is InChI=1S/C15H21N3O2S/c1-3-9-16-15(12-21(2,19)20)13-10-17-18(11-13)14-7-5-4-6-8-14/h4-8,10-11,15-16H,3,9,12H2,1-2H3. The Labute approximate surface area is 125 Å². The van der Waals surface area contributed by atoms with E-state index in [1.165, 1.54) is 6.26 Å². The van der Waals surface area contributed by atoms with Gasteiger partial charge in [0.05, 0.1) is 17.6 Å². The molecule has 0 aliphatic carbocycles. The highest BCUT2D eigenvalue weighted by atomic mass is 32.2. The third-order valence-electron chi connectivity index (χ3n) is 3.14. The number of rotatable bonds is 7. The summed E-state index contributed by atoms with van der Waals surface area (Å²) in [5.74, 6) is 0.0769. The first-order chi connectivity index (χ1) is 9.99. The Kier molecular flexibility index (Phi) is 5.14. The molecular formula is C15H21N3O2S. The molecule has 1 aromatic carbocycles. The summed E-state index contributed by atoms with van der Waals surface area (Å²) in [5, 5.41) is 7.60. The monoisotopic (exact) mass is 307 g/mol. The van der Waals surface area contributed by atoms with Gasteiger partial charge in [-0.25, -0.2) is 13.1 Å². The molecule has 0 saturated carbocycles. The molecule has 114 valence electrons. The van der Waals surface area contributed by atoms with Gasteiger partial charge in [0.2, 0.25) is 0 Å². The third-order valence-corrected chi connectivity index (χ3v) is 4.07. The summed E-state index contributed by atoms with van der Waals surface area (Å²) < 4.78 is 24.9. The number of hydrogen-bond donors (Lipinski definition) is 1. The van der Waals surface area contributed by atoms with Gasteiger partial charge >= 0.3 is 0 Å². The van der Waals surface area contributed by atoms with Crippen molar-refractivity contribution >= 4 is 9.84 Å². The first kappa shape index (κ1) is 15.7. The Hall–Kier alpha value is -1.66. The molecule has 0 saturated heterocycles. The molecule has 0 radical (unpaired) electrons. The lowest BCUT2D eigenvalue weighted by Crippen LogP contribution is -2.28. The van der Waals surface area contributed by atoms with Gasteiger partial charge in [-0.2, -0.15) is 5.10 Å². The lowest BCUT2D eigenvalue weighted by molar-refractivity contribution is 0.549. The number of aromatic nitrogens is 2. The number of sulfone groups is 1. The number of nitrogens with zero attached hydrogens (tertiary/aromatic N) is 2. The number of nitrogens with one attached hydrogen (secondary N) is 1. The molecule has 1 heterocycles. The zero-order valence-electron chi connectivity index (χ0n) is 12.4. The van der Waals surface area contributed by atoms with E-state index in [1.54, 1.807) is 10.9 Å². The fraction of sp³-hybridized carbons (Fsp3) is 0.400. The predicted octanol–water partition coefficient (Wildman–Crippen LogP) is 1.96. The molecule has 0 amide bonds. The van der Waals surface area contributed by atoms with Crippen LogP contribution in [-0.2, 0) is 9.84 Å². The second-order valence-electron chi connectivity index (χ2n) is 5.15. The zero-order chi connectivity index (χ0) is 15.3. The van der Waals surface area contributed by atoms with Gasteiger partial charge in [0.1, 0.15) is 9.84 Å². The van der Waals surface area contributed by atoms with Crippen LogP contribution in [0.1, 0.15) is 24.9 Å². The summed E-state index contributed by atoms with van der Waals surface area (Å²) in [7, 11) is -3.06. The Morgan fingerprint density at radius 2 is 2.00 bits per heavy atom. The Bertz CT molecular complexity index is 665. The van der Waals surface area contributed by atoms with Crippen molar-refractivity contribution in [2.45, 2.75) is 19.4 Å². The Balaban J connectivity index is 2.22. The molecule has 0 spiro atoms. The van der Waals surface area contributed by atoms with Crippen LogP contribution >= 0.6 is 0 Å². The minimum atomic E-state index is -3.06. The van der Waals surface area contributed by atoms with Gasteiger partial charge in [0.25, 0.3) is 0 Å². The van der Waals surface area contributed by atoms with E-state index in [4.69, 9.17) is 0 Å². The van der Waals surface area contributed by atoms with Crippen molar-refractivity contribution in [3.63, 3.8) is 0 Å². The SMILES string of the molecule is CCCNC(CS(C)(=O)=O)c1cnn(-c2ccccc2)c1. The van der Waals surface area contributed by atoms with E-state index in [0.29, 0.717) is 0 Å². The molecule has 0 aliphatic rings. The molecule has 1 N–H and O–H groups in total. The quantitative estimate of drug-likeness (QED) is 0.849. The molecule has 1 atom stereocenters. The maximum absolute atomic E-state index is 11.6. The molecule has 1 unspecified atom stereocenters. The molecule has 0 aliphatic heterocycles. The summed E-state index contributed by atoms with van der Waals surface area (Å²) in [6.07, 6.45) is 5.82. The van der Waals surface area contributed by atoms with E-state index in [1.807, 2.05) is 36.5 Å². The van der Waals surface area contributed by atoms with Crippen LogP contribution in [0.15, 0.2) is 42.7 Å². The van der Waals surface area contributed by atoms with Crippen LogP contribution in [0.3, 0.4) is 0 Å². The molecule has 2 rings (SSSR count). The van der Waals surface area contributed by atoms with E-state index in [2.05, 4.69) is 17.3 Å². The van der Waals surface area contributed by atoms with Gasteiger partial charge in [-0.1, -0.05) is 25.1 Å². The predicted molar refractivity (Wildman–Crippen MR) is 84.3 cm³/mol. The van der Waals surface area contributed by atoms with Crippen molar-refractivity contribution in [3.05, 3.63) is 48.3 Å². The van der Waals surface area contributed by atoms with Crippen LogP contribution in [0.25, 0.3) is 5.69 Å². The molecule has 0 fully saturated rings. The average Bonchev–Trinajstić information content (AvgIpc) is 2.93. The van der Waals surface area contributed by atoms with Crippen LogP contribution in [0, 0.1) is 0 Å². The van der Waals surface area contributed by atoms with Crippen molar-refractivity contribution < 1.29 is 8.42 Å². The molecule has 1 aromatic heterocycles. The summed E-state index contributed by atoms with van der Waals surface area (Å²) in [6, 6.07) is 9.53. The topological polar surface area (TPSA) is 64.0 Å². The fourth-order valence-electron chi connectivity index (χ4n) is 2.13. The molecular weight excluding hydrogens is 286 g/mol. The van der Waals surface area contributed by atoms with Crippen molar-refractivity contribution in [1.82, 2.24) is 15.1 Å². The second-order valence-corrected chi connectivity index (χ2v) is 7.34. The summed E-state index contributed by atoms with van der Waals surface area (Å²) in [4.78, 5) is 0. The highest BCUT2D eigenvalue weighted by Crippen LogP contribution is 2.16. The van der Waals surface area contributed by atoms with Crippen LogP contribution in [0.4, 0.5) is 0 Å². The van der Waals surface area contributed by atoms with Crippen molar-refractivity contribution in [2.75, 3.05) is 18.6 Å². The lowest BCUT2D eigenvalue weighted by Gasteiger charge is -2.15. The van der Waals surface area contributed by atoms with E-state index in [-0.39, 0.29) is 11.8 Å². The number of hydrogen-bond acceptors (Lipinski definition) is 4. The number of benzene rings is 1. The highest BCUT2D eigenvalue weighted by molar-refractivity contribution is 7.90. The first-order valence-electron chi connectivity index (χ1n) is 7.00. The second kappa shape index (κ2) is 6.87. The van der Waals surface area contributed by atoms with Crippen LogP contribution in [0.5, 0.6) is 0 Å². The molecule has 5 nitrogen and oxygen atoms in total. The molecule has 21 heavy (non-hydrogen) atoms. The van der Waals surface area contributed by atoms with Crippen LogP contribution < -0.4 is 5.32 Å². The summed E-state index contributed by atoms with van der Waals surface area (Å²) >= 11 is 0. The smallest absolute Gasteiger partial charge is 0.149 e. The van der Waals surface area contributed by atoms with Crippen molar-refractivity contribution in [3.8, 4) is 5.69 Å². The Morgan fingerprint density at radius 1 is 1.29 bits per heavy atom. The van der Waals surface area contributed by atoms with Crippen LogP contribution in [-0.4, -0.2) is 36.8 Å². The van der Waals surface area contributed by atoms with E-state index >= 15 is 0 Å². The fourth-order valence-corrected chi connectivity index (χ4v) is 3.05. The zero-order valence-corrected chi connectivity index (χ0v) is 13.2. The Morgan fingerprint density at radius 3 is 2.62 bits per heavy atom. The number of para-hydroxylation sites is 1. The third kappa shape index (κ3) is 4.68. The van der Waals surface area contributed by atoms with Crippen LogP contribution in [0.2, 0.25) is 0 Å². The van der Waals surface area contributed by atoms with E-state index in [0.717, 1.165) is 24.2 Å². The maximum atomic E-state index is 11.6. The van der Waals surface area contributed by atoms with E-state index in [9.17, 15) is 8.42 Å². The minimum Gasteiger partial charge on any atom is -0.309 e. The largest absolute Gasteiger partial charge is 0.309 e. The average molecular weight is 307 g/mol. The molecule has 0 bridgehead atoms. The van der Waals surface area contributed by atoms with Gasteiger partial charge in [-0.05, 0) is 25.1 Å². The summed E-state index contributed by atoms with van der Waals surface area (Å²) in [6.45, 7) is 2.83. The normalized spacial score (nSPS) is 13.2. The minimum absolute atomic E-state index is 0.0769. The van der Waals surface area contributed by atoms with Gasteiger partial charge < -0.3 is 5.32 Å². The van der Waals surface area contributed by atoms with Gasteiger partial charge in [0, 0.05) is 24.1 Å². The van der Waals surface area contributed by atoms with E-state index < -0.39 is 9.84 Å². The van der Waals surface area contributed by atoms with Crippen molar-refractivity contribution in [1.29, 1.82) is 0 Å². The maximum Gasteiger partial charge on any atom is 0.149 e. The van der Waals surface area contributed by atoms with Gasteiger partial charge in [0.15, 0.2) is 0 Å².